The largest absolute Gasteiger partial charge is 0.339 e. The van der Waals surface area contributed by atoms with Crippen molar-refractivity contribution in [2.45, 2.75) is 26.7 Å². The van der Waals surface area contributed by atoms with Crippen LogP contribution >= 0.6 is 11.8 Å². The van der Waals surface area contributed by atoms with E-state index < -0.39 is 0 Å². The normalized spacial score (nSPS) is 13.8. The third kappa shape index (κ3) is 8.41. The Hall–Kier alpha value is 0.310. The van der Waals surface area contributed by atoms with Gasteiger partial charge in [0.25, 0.3) is 0 Å². The van der Waals surface area contributed by atoms with Gasteiger partial charge in [-0.3, -0.25) is 0 Å². The summed E-state index contributed by atoms with van der Waals surface area (Å²) in [5, 5.41) is 0. The van der Waals surface area contributed by atoms with Gasteiger partial charge in [-0.05, 0) is 18.1 Å². The van der Waals surface area contributed by atoms with Crippen LogP contribution < -0.4 is 4.90 Å². The van der Waals surface area contributed by atoms with Crippen molar-refractivity contribution in [1.82, 2.24) is 0 Å². The summed E-state index contributed by atoms with van der Waals surface area (Å²) in [4.78, 5) is 1.56. The second-order valence-corrected chi connectivity index (χ2v) is 5.10. The maximum absolute atomic E-state index is 2.34. The maximum atomic E-state index is 2.34. The summed E-state index contributed by atoms with van der Waals surface area (Å²) in [6, 6.07) is 0. The summed E-state index contributed by atoms with van der Waals surface area (Å²) < 4.78 is 0. The molecule has 0 amide bonds. The number of quaternary nitrogens is 1. The minimum atomic E-state index is 0.921. The van der Waals surface area contributed by atoms with E-state index in [1.165, 1.54) is 30.9 Å². The van der Waals surface area contributed by atoms with Crippen LogP contribution in [0.5, 0.6) is 0 Å². The number of hydrogen-bond acceptors (Lipinski definition) is 1. The zero-order valence-electron chi connectivity index (χ0n) is 9.02. The third-order valence-electron chi connectivity index (χ3n) is 2.20. The number of rotatable bonds is 7. The fourth-order valence-corrected chi connectivity index (χ4v) is 2.19. The predicted octanol–water partition coefficient (Wildman–Crippen LogP) is 1.30. The standard InChI is InChI=1S/C10H23NS/c1-5-10(2)6-8-12-9-7-11(3)4/h10H,5-9H2,1-4H3/p+1. The van der Waals surface area contributed by atoms with Crippen LogP contribution in [0.4, 0.5) is 0 Å². The molecule has 0 spiro atoms. The maximum Gasteiger partial charge on any atom is 0.0858 e. The average Bonchev–Trinajstić information content (AvgIpc) is 2.03. The molecule has 0 aromatic heterocycles. The molecular weight excluding hydrogens is 166 g/mol. The Morgan fingerprint density at radius 1 is 1.25 bits per heavy atom. The first kappa shape index (κ1) is 12.3. The van der Waals surface area contributed by atoms with Crippen molar-refractivity contribution in [3.05, 3.63) is 0 Å². The molecule has 1 unspecified atom stereocenters. The summed E-state index contributed by atoms with van der Waals surface area (Å²) in [6.45, 7) is 5.92. The molecule has 1 atom stereocenters. The molecule has 0 aromatic carbocycles. The van der Waals surface area contributed by atoms with E-state index in [2.05, 4.69) is 39.7 Å². The zero-order chi connectivity index (χ0) is 9.40. The van der Waals surface area contributed by atoms with Gasteiger partial charge in [-0.1, -0.05) is 20.3 Å². The number of hydrogen-bond donors (Lipinski definition) is 1. The molecule has 1 nitrogen and oxygen atoms in total. The lowest BCUT2D eigenvalue weighted by molar-refractivity contribution is -0.855. The lowest BCUT2D eigenvalue weighted by Crippen LogP contribution is -3.06. The van der Waals surface area contributed by atoms with Crippen LogP contribution in [0.15, 0.2) is 0 Å². The van der Waals surface area contributed by atoms with Gasteiger partial charge in [0.1, 0.15) is 0 Å². The van der Waals surface area contributed by atoms with Gasteiger partial charge in [0, 0.05) is 5.75 Å². The Kier molecular flexibility index (Phi) is 8.14. The van der Waals surface area contributed by atoms with E-state index in [9.17, 15) is 0 Å². The fourth-order valence-electron chi connectivity index (χ4n) is 0.867. The molecule has 0 aromatic rings. The second-order valence-electron chi connectivity index (χ2n) is 3.87. The Morgan fingerprint density at radius 2 is 1.92 bits per heavy atom. The van der Waals surface area contributed by atoms with E-state index in [1.54, 1.807) is 4.90 Å². The highest BCUT2D eigenvalue weighted by Gasteiger charge is 1.99. The van der Waals surface area contributed by atoms with Gasteiger partial charge in [0.05, 0.1) is 20.6 Å². The minimum Gasteiger partial charge on any atom is -0.339 e. The van der Waals surface area contributed by atoms with E-state index in [-0.39, 0.29) is 0 Å². The van der Waals surface area contributed by atoms with Crippen LogP contribution in [0, 0.1) is 5.92 Å². The van der Waals surface area contributed by atoms with E-state index in [0.29, 0.717) is 0 Å². The molecule has 0 radical (unpaired) electrons. The Morgan fingerprint density at radius 3 is 2.42 bits per heavy atom. The second kappa shape index (κ2) is 7.93. The minimum absolute atomic E-state index is 0.921. The first-order valence-corrected chi connectivity index (χ1v) is 6.19. The van der Waals surface area contributed by atoms with Gasteiger partial charge >= 0.3 is 0 Å². The molecule has 0 aliphatic rings. The van der Waals surface area contributed by atoms with Crippen LogP contribution in [0.1, 0.15) is 26.7 Å². The highest BCUT2D eigenvalue weighted by atomic mass is 32.2. The molecule has 1 N–H and O–H groups in total. The van der Waals surface area contributed by atoms with Gasteiger partial charge in [-0.2, -0.15) is 11.8 Å². The molecule has 0 saturated carbocycles. The Balaban J connectivity index is 3.00. The van der Waals surface area contributed by atoms with Gasteiger partial charge < -0.3 is 4.90 Å². The first-order chi connectivity index (χ1) is 5.66. The lowest BCUT2D eigenvalue weighted by atomic mass is 10.1. The molecule has 0 heterocycles. The zero-order valence-corrected chi connectivity index (χ0v) is 9.84. The van der Waals surface area contributed by atoms with Crippen LogP contribution in [0.3, 0.4) is 0 Å². The highest BCUT2D eigenvalue weighted by Crippen LogP contribution is 2.11. The van der Waals surface area contributed by atoms with Gasteiger partial charge in [-0.15, -0.1) is 0 Å². The molecule has 0 aliphatic carbocycles. The van der Waals surface area contributed by atoms with Gasteiger partial charge in [0.15, 0.2) is 0 Å². The summed E-state index contributed by atoms with van der Waals surface area (Å²) in [5.41, 5.74) is 0. The molecule has 74 valence electrons. The van der Waals surface area contributed by atoms with Crippen molar-refractivity contribution >= 4 is 11.8 Å². The average molecular weight is 190 g/mol. The van der Waals surface area contributed by atoms with Crippen molar-refractivity contribution in [1.29, 1.82) is 0 Å². The van der Waals surface area contributed by atoms with Crippen molar-refractivity contribution < 1.29 is 4.90 Å². The first-order valence-electron chi connectivity index (χ1n) is 5.03. The van der Waals surface area contributed by atoms with Gasteiger partial charge in [-0.25, -0.2) is 0 Å². The molecule has 0 bridgehead atoms. The van der Waals surface area contributed by atoms with Crippen LogP contribution in [0.25, 0.3) is 0 Å². The van der Waals surface area contributed by atoms with Crippen molar-refractivity contribution in [2.75, 3.05) is 32.1 Å². The third-order valence-corrected chi connectivity index (χ3v) is 3.22. The van der Waals surface area contributed by atoms with Crippen LogP contribution in [0.2, 0.25) is 0 Å². The van der Waals surface area contributed by atoms with E-state index in [4.69, 9.17) is 0 Å². The lowest BCUT2D eigenvalue weighted by Gasteiger charge is -2.08. The number of nitrogens with one attached hydrogen (secondary N) is 1. The molecule has 12 heavy (non-hydrogen) atoms. The monoisotopic (exact) mass is 190 g/mol. The molecule has 0 fully saturated rings. The molecule has 0 rings (SSSR count). The van der Waals surface area contributed by atoms with E-state index in [1.807, 2.05) is 0 Å². The summed E-state index contributed by atoms with van der Waals surface area (Å²) >= 11 is 2.10. The van der Waals surface area contributed by atoms with Crippen LogP contribution in [-0.4, -0.2) is 32.1 Å². The molecule has 0 aliphatic heterocycles. The predicted molar refractivity (Wildman–Crippen MR) is 59.1 cm³/mol. The summed E-state index contributed by atoms with van der Waals surface area (Å²) in [7, 11) is 4.43. The Bertz CT molecular complexity index is 93.8. The molecule has 2 heteroatoms. The van der Waals surface area contributed by atoms with Crippen molar-refractivity contribution in [3.63, 3.8) is 0 Å². The SMILES string of the molecule is CCC(C)CCSCC[NH+](C)C. The van der Waals surface area contributed by atoms with Crippen molar-refractivity contribution in [3.8, 4) is 0 Å². The Labute approximate surface area is 81.9 Å². The van der Waals surface area contributed by atoms with Gasteiger partial charge in [0.2, 0.25) is 0 Å². The fraction of sp³-hybridized carbons (Fsp3) is 1.00. The van der Waals surface area contributed by atoms with E-state index >= 15 is 0 Å². The quantitative estimate of drug-likeness (QED) is 0.593. The highest BCUT2D eigenvalue weighted by molar-refractivity contribution is 7.99. The topological polar surface area (TPSA) is 4.44 Å². The summed E-state index contributed by atoms with van der Waals surface area (Å²) in [5.74, 6) is 3.59. The van der Waals surface area contributed by atoms with Crippen LogP contribution in [-0.2, 0) is 0 Å². The summed E-state index contributed by atoms with van der Waals surface area (Å²) in [6.07, 6.45) is 2.73. The molecular formula is C10H24NS+. The van der Waals surface area contributed by atoms with E-state index in [0.717, 1.165) is 5.92 Å². The molecule has 0 saturated heterocycles. The number of thioether (sulfide) groups is 1. The van der Waals surface area contributed by atoms with Crippen molar-refractivity contribution in [2.24, 2.45) is 5.92 Å². The smallest absolute Gasteiger partial charge is 0.0858 e.